The van der Waals surface area contributed by atoms with Crippen molar-refractivity contribution in [2.24, 2.45) is 5.92 Å². The van der Waals surface area contributed by atoms with Crippen LogP contribution in [0.4, 0.5) is 5.82 Å². The zero-order valence-corrected chi connectivity index (χ0v) is 22.6. The van der Waals surface area contributed by atoms with Gasteiger partial charge in [0.25, 0.3) is 5.91 Å². The number of piperidine rings is 1. The summed E-state index contributed by atoms with van der Waals surface area (Å²) in [6.45, 7) is 9.47. The van der Waals surface area contributed by atoms with Crippen molar-refractivity contribution < 1.29 is 14.6 Å². The van der Waals surface area contributed by atoms with Gasteiger partial charge in [0.2, 0.25) is 0 Å². The Labute approximate surface area is 223 Å². The highest BCUT2D eigenvalue weighted by Crippen LogP contribution is 2.35. The molecule has 0 spiro atoms. The van der Waals surface area contributed by atoms with E-state index >= 15 is 0 Å². The third kappa shape index (κ3) is 4.93. The molecule has 2 aliphatic rings. The molecule has 2 aromatic heterocycles. The third-order valence-corrected chi connectivity index (χ3v) is 7.53. The number of amides is 1. The Morgan fingerprint density at radius 1 is 1.26 bits per heavy atom. The van der Waals surface area contributed by atoms with Crippen molar-refractivity contribution in [1.82, 2.24) is 19.5 Å². The molecule has 3 aromatic rings. The van der Waals surface area contributed by atoms with Gasteiger partial charge in [0.05, 0.1) is 41.5 Å². The zero-order chi connectivity index (χ0) is 27.0. The Hall–Kier alpha value is -3.64. The standard InChI is InChI=1S/C29H36N6O3/c1-5-20-9-10-26(38-18(2)3)22(12-20)29(37)34-11-7-6-8-24(34)23-13-27-31-28(19(4)15-35(27)32-23)33-16-21(14-30)25(36)17-33/h9-10,12-13,15,18,21,24-25,36H,5-8,11,16-17H2,1-4H3/t21-,24+,25+/m1/s1. The van der Waals surface area contributed by atoms with Crippen LogP contribution >= 0.6 is 0 Å². The Morgan fingerprint density at radius 2 is 2.08 bits per heavy atom. The van der Waals surface area contributed by atoms with E-state index in [0.29, 0.717) is 36.6 Å². The topological polar surface area (TPSA) is 107 Å². The van der Waals surface area contributed by atoms with Gasteiger partial charge in [-0.05, 0) is 64.2 Å². The number of fused-ring (bicyclic) bond motifs is 1. The number of likely N-dealkylation sites (tertiary alicyclic amines) is 1. The maximum Gasteiger partial charge on any atom is 0.258 e. The van der Waals surface area contributed by atoms with Gasteiger partial charge in [0.1, 0.15) is 11.6 Å². The maximum absolute atomic E-state index is 14.0. The van der Waals surface area contributed by atoms with E-state index in [9.17, 15) is 15.2 Å². The lowest BCUT2D eigenvalue weighted by atomic mass is 9.97. The molecule has 0 unspecified atom stereocenters. The van der Waals surface area contributed by atoms with Crippen molar-refractivity contribution in [2.75, 3.05) is 24.5 Å². The highest BCUT2D eigenvalue weighted by molar-refractivity contribution is 5.97. The average Bonchev–Trinajstić information content (AvgIpc) is 3.50. The first-order chi connectivity index (χ1) is 18.3. The normalized spacial score (nSPS) is 21.8. The molecule has 0 radical (unpaired) electrons. The second-order valence-corrected chi connectivity index (χ2v) is 10.7. The largest absolute Gasteiger partial charge is 0.490 e. The van der Waals surface area contributed by atoms with Crippen molar-refractivity contribution in [1.29, 1.82) is 5.26 Å². The monoisotopic (exact) mass is 516 g/mol. The molecular weight excluding hydrogens is 480 g/mol. The number of aliphatic hydroxyl groups is 1. The Balaban J connectivity index is 1.47. The summed E-state index contributed by atoms with van der Waals surface area (Å²) in [5, 5.41) is 24.4. The smallest absolute Gasteiger partial charge is 0.258 e. The number of carbonyl (C=O) groups excluding carboxylic acids is 1. The summed E-state index contributed by atoms with van der Waals surface area (Å²) in [5.41, 5.74) is 4.12. The van der Waals surface area contributed by atoms with Gasteiger partial charge in [0.15, 0.2) is 5.65 Å². The first-order valence-electron chi connectivity index (χ1n) is 13.6. The van der Waals surface area contributed by atoms with Crippen LogP contribution in [0.2, 0.25) is 0 Å². The molecule has 2 fully saturated rings. The summed E-state index contributed by atoms with van der Waals surface area (Å²) in [7, 11) is 0. The number of β-amino-alcohol motifs (C(OH)–C–C–N with tert-alkyl or cyclic N) is 1. The van der Waals surface area contributed by atoms with Crippen LogP contribution in [0.3, 0.4) is 0 Å². The number of anilines is 1. The Kier molecular flexibility index (Phi) is 7.26. The summed E-state index contributed by atoms with van der Waals surface area (Å²) < 4.78 is 7.79. The zero-order valence-electron chi connectivity index (χ0n) is 22.6. The number of carbonyl (C=O) groups is 1. The van der Waals surface area contributed by atoms with E-state index < -0.39 is 12.0 Å². The second-order valence-electron chi connectivity index (χ2n) is 10.7. The van der Waals surface area contributed by atoms with Crippen molar-refractivity contribution in [3.05, 3.63) is 52.8 Å². The summed E-state index contributed by atoms with van der Waals surface area (Å²) in [5.74, 6) is 0.915. The van der Waals surface area contributed by atoms with E-state index in [1.54, 1.807) is 4.52 Å². The third-order valence-electron chi connectivity index (χ3n) is 7.53. The summed E-state index contributed by atoms with van der Waals surface area (Å²) in [6, 6.07) is 9.89. The average molecular weight is 517 g/mol. The van der Waals surface area contributed by atoms with Crippen LogP contribution in [0.5, 0.6) is 5.75 Å². The van der Waals surface area contributed by atoms with E-state index in [1.165, 1.54) is 0 Å². The van der Waals surface area contributed by atoms with Crippen molar-refractivity contribution in [3.8, 4) is 11.8 Å². The van der Waals surface area contributed by atoms with E-state index in [-0.39, 0.29) is 18.1 Å². The lowest BCUT2D eigenvalue weighted by Gasteiger charge is -2.35. The van der Waals surface area contributed by atoms with Crippen LogP contribution in [-0.2, 0) is 6.42 Å². The number of aryl methyl sites for hydroxylation is 2. The molecule has 5 rings (SSSR count). The predicted octanol–water partition coefficient (Wildman–Crippen LogP) is 4.08. The first-order valence-corrected chi connectivity index (χ1v) is 13.6. The van der Waals surface area contributed by atoms with Crippen LogP contribution in [0, 0.1) is 24.2 Å². The second kappa shape index (κ2) is 10.6. The SMILES string of the molecule is CCc1ccc(OC(C)C)c(C(=O)N2CCCC[C@H]2c2cc3nc(N4C[C@@H](C#N)[C@@H](O)C4)c(C)cn3n2)c1. The number of ether oxygens (including phenoxy) is 1. The fourth-order valence-corrected chi connectivity index (χ4v) is 5.55. The molecule has 1 aromatic carbocycles. The summed E-state index contributed by atoms with van der Waals surface area (Å²) >= 11 is 0. The van der Waals surface area contributed by atoms with E-state index in [2.05, 4.69) is 13.0 Å². The van der Waals surface area contributed by atoms with Gasteiger partial charge in [-0.25, -0.2) is 9.50 Å². The fourth-order valence-electron chi connectivity index (χ4n) is 5.55. The van der Waals surface area contributed by atoms with E-state index in [4.69, 9.17) is 14.8 Å². The van der Waals surface area contributed by atoms with E-state index in [0.717, 1.165) is 48.3 Å². The highest BCUT2D eigenvalue weighted by Gasteiger charge is 2.34. The van der Waals surface area contributed by atoms with Gasteiger partial charge in [-0.2, -0.15) is 10.4 Å². The number of rotatable bonds is 6. The number of aliphatic hydroxyl groups excluding tert-OH is 1. The Bertz CT molecular complexity index is 1380. The quantitative estimate of drug-likeness (QED) is 0.526. The molecule has 2 saturated heterocycles. The number of nitrogens with zero attached hydrogens (tertiary/aromatic N) is 6. The molecule has 2 aliphatic heterocycles. The molecule has 38 heavy (non-hydrogen) atoms. The molecular formula is C29H36N6O3. The minimum absolute atomic E-state index is 0.0314. The number of nitriles is 1. The molecule has 200 valence electrons. The summed E-state index contributed by atoms with van der Waals surface area (Å²) in [4.78, 5) is 22.7. The maximum atomic E-state index is 14.0. The van der Waals surface area contributed by atoms with Gasteiger partial charge in [-0.15, -0.1) is 0 Å². The van der Waals surface area contributed by atoms with Gasteiger partial charge in [0, 0.05) is 37.5 Å². The molecule has 9 nitrogen and oxygen atoms in total. The molecule has 1 N–H and O–H groups in total. The van der Waals surface area contributed by atoms with Crippen LogP contribution in [-0.4, -0.2) is 62.4 Å². The molecule has 0 saturated carbocycles. The van der Waals surface area contributed by atoms with Crippen LogP contribution in [0.25, 0.3) is 5.65 Å². The number of hydrogen-bond donors (Lipinski definition) is 1. The summed E-state index contributed by atoms with van der Waals surface area (Å²) in [6.07, 6.45) is 4.85. The van der Waals surface area contributed by atoms with Crippen LogP contribution in [0.15, 0.2) is 30.5 Å². The van der Waals surface area contributed by atoms with Crippen LogP contribution < -0.4 is 9.64 Å². The van der Waals surface area contributed by atoms with Crippen molar-refractivity contribution in [2.45, 2.75) is 71.6 Å². The molecule has 3 atom stereocenters. The minimum Gasteiger partial charge on any atom is -0.490 e. The van der Waals surface area contributed by atoms with Crippen LogP contribution in [0.1, 0.15) is 73.3 Å². The van der Waals surface area contributed by atoms with Crippen molar-refractivity contribution in [3.63, 3.8) is 0 Å². The van der Waals surface area contributed by atoms with E-state index in [1.807, 2.05) is 61.0 Å². The van der Waals surface area contributed by atoms with Gasteiger partial charge in [-0.3, -0.25) is 4.79 Å². The van der Waals surface area contributed by atoms with Crippen molar-refractivity contribution >= 4 is 17.4 Å². The number of hydrogen-bond acceptors (Lipinski definition) is 7. The highest BCUT2D eigenvalue weighted by atomic mass is 16.5. The van der Waals surface area contributed by atoms with Gasteiger partial charge >= 0.3 is 0 Å². The molecule has 4 heterocycles. The van der Waals surface area contributed by atoms with Gasteiger partial charge in [-0.1, -0.05) is 13.0 Å². The minimum atomic E-state index is -0.685. The first kappa shape index (κ1) is 26.0. The number of aromatic nitrogens is 3. The number of benzene rings is 1. The predicted molar refractivity (Wildman–Crippen MR) is 144 cm³/mol. The fraction of sp³-hybridized carbons (Fsp3) is 0.517. The molecule has 1 amide bonds. The molecule has 0 aliphatic carbocycles. The molecule has 9 heteroatoms. The lowest BCUT2D eigenvalue weighted by molar-refractivity contribution is 0.0599. The van der Waals surface area contributed by atoms with Gasteiger partial charge < -0.3 is 19.6 Å². The lowest BCUT2D eigenvalue weighted by Crippen LogP contribution is -2.39. The Morgan fingerprint density at radius 3 is 2.79 bits per heavy atom. The molecule has 0 bridgehead atoms.